The molecular formula is C24H37N3O6. The van der Waals surface area contributed by atoms with E-state index in [2.05, 4.69) is 10.6 Å². The van der Waals surface area contributed by atoms with Crippen molar-refractivity contribution >= 4 is 23.9 Å². The van der Waals surface area contributed by atoms with E-state index in [9.17, 15) is 19.2 Å². The van der Waals surface area contributed by atoms with Crippen LogP contribution in [-0.2, 0) is 23.9 Å². The smallest absolute Gasteiger partial charge is 0.408 e. The van der Waals surface area contributed by atoms with Gasteiger partial charge in [0.1, 0.15) is 18.2 Å². The Bertz CT molecular complexity index is 847. The predicted octanol–water partition coefficient (Wildman–Crippen LogP) is 2.79. The largest absolute Gasteiger partial charge is 0.466 e. The number of ether oxygens (including phenoxy) is 2. The zero-order valence-corrected chi connectivity index (χ0v) is 20.7. The van der Waals surface area contributed by atoms with Crippen LogP contribution in [0.25, 0.3) is 0 Å². The van der Waals surface area contributed by atoms with Crippen molar-refractivity contribution in [1.29, 1.82) is 0 Å². The number of rotatable bonds is 10. The number of nitrogens with zero attached hydrogens (tertiary/aromatic N) is 1. The third-order valence-corrected chi connectivity index (χ3v) is 4.78. The zero-order valence-electron chi connectivity index (χ0n) is 20.7. The van der Waals surface area contributed by atoms with Gasteiger partial charge in [-0.05, 0) is 65.2 Å². The minimum absolute atomic E-state index is 0.0273. The fourth-order valence-corrected chi connectivity index (χ4v) is 3.09. The van der Waals surface area contributed by atoms with Crippen molar-refractivity contribution in [3.05, 3.63) is 34.9 Å². The lowest BCUT2D eigenvalue weighted by Crippen LogP contribution is -2.48. The molecule has 0 heterocycles. The van der Waals surface area contributed by atoms with Gasteiger partial charge >= 0.3 is 12.1 Å². The van der Waals surface area contributed by atoms with Crippen LogP contribution in [0.2, 0.25) is 0 Å². The molecule has 1 rings (SSSR count). The third kappa shape index (κ3) is 9.51. The van der Waals surface area contributed by atoms with Gasteiger partial charge in [-0.1, -0.05) is 18.2 Å². The number of alkyl carbamates (subject to hydrolysis) is 1. The summed E-state index contributed by atoms with van der Waals surface area (Å²) >= 11 is 0. The molecule has 1 aromatic rings. The fraction of sp³-hybridized carbons (Fsp3) is 0.583. The van der Waals surface area contributed by atoms with Crippen molar-refractivity contribution < 1.29 is 28.7 Å². The van der Waals surface area contributed by atoms with Gasteiger partial charge in [0.05, 0.1) is 13.0 Å². The van der Waals surface area contributed by atoms with E-state index in [0.29, 0.717) is 5.56 Å². The maximum absolute atomic E-state index is 13.1. The maximum Gasteiger partial charge on any atom is 0.408 e. The summed E-state index contributed by atoms with van der Waals surface area (Å²) in [5.74, 6) is -1.27. The van der Waals surface area contributed by atoms with E-state index in [1.165, 1.54) is 4.90 Å². The molecule has 0 spiro atoms. The number of esters is 1. The molecule has 33 heavy (non-hydrogen) atoms. The summed E-state index contributed by atoms with van der Waals surface area (Å²) in [6.07, 6.45) is -0.687. The normalized spacial score (nSPS) is 11.8. The molecule has 0 bridgehead atoms. The van der Waals surface area contributed by atoms with Crippen LogP contribution in [0.1, 0.15) is 63.8 Å². The second-order valence-corrected chi connectivity index (χ2v) is 8.63. The van der Waals surface area contributed by atoms with Crippen molar-refractivity contribution in [2.75, 3.05) is 26.2 Å². The van der Waals surface area contributed by atoms with Crippen LogP contribution in [0.4, 0.5) is 4.79 Å². The third-order valence-electron chi connectivity index (χ3n) is 4.78. The SMILES string of the molecule is CCOC(=O)CCNC(=O)C(c1ccc(C)c(C)c1)N(CC)C(=O)CNC(=O)OC(C)(C)C. The first kappa shape index (κ1) is 27.9. The summed E-state index contributed by atoms with van der Waals surface area (Å²) in [4.78, 5) is 51.1. The van der Waals surface area contributed by atoms with Gasteiger partial charge in [0, 0.05) is 13.1 Å². The second kappa shape index (κ2) is 12.8. The van der Waals surface area contributed by atoms with E-state index in [-0.39, 0.29) is 32.7 Å². The molecule has 0 aromatic heterocycles. The molecule has 1 aromatic carbocycles. The van der Waals surface area contributed by atoms with E-state index in [4.69, 9.17) is 9.47 Å². The van der Waals surface area contributed by atoms with Crippen LogP contribution in [0.15, 0.2) is 18.2 Å². The Labute approximate surface area is 196 Å². The average molecular weight is 464 g/mol. The zero-order chi connectivity index (χ0) is 25.2. The summed E-state index contributed by atoms with van der Waals surface area (Å²) < 4.78 is 10.1. The van der Waals surface area contributed by atoms with Gasteiger partial charge < -0.3 is 25.0 Å². The van der Waals surface area contributed by atoms with Gasteiger partial charge in [0.25, 0.3) is 0 Å². The minimum atomic E-state index is -0.926. The molecule has 0 aliphatic rings. The first-order chi connectivity index (χ1) is 15.4. The highest BCUT2D eigenvalue weighted by Gasteiger charge is 2.31. The number of hydrogen-bond donors (Lipinski definition) is 2. The van der Waals surface area contributed by atoms with E-state index in [1.54, 1.807) is 40.7 Å². The fourth-order valence-electron chi connectivity index (χ4n) is 3.09. The molecule has 9 nitrogen and oxygen atoms in total. The highest BCUT2D eigenvalue weighted by atomic mass is 16.6. The lowest BCUT2D eigenvalue weighted by molar-refractivity contribution is -0.143. The molecule has 0 saturated heterocycles. The standard InChI is InChI=1S/C24H37N3O6/c1-8-27(19(28)15-26-23(31)33-24(5,6)7)21(18-11-10-16(3)17(4)14-18)22(30)25-13-12-20(29)32-9-2/h10-11,14,21H,8-9,12-13,15H2,1-7H3,(H,25,30)(H,26,31). The van der Waals surface area contributed by atoms with E-state index in [1.807, 2.05) is 26.0 Å². The van der Waals surface area contributed by atoms with Crippen LogP contribution >= 0.6 is 0 Å². The highest BCUT2D eigenvalue weighted by molar-refractivity contribution is 5.90. The molecule has 1 unspecified atom stereocenters. The Morgan fingerprint density at radius 1 is 1.03 bits per heavy atom. The van der Waals surface area contributed by atoms with E-state index in [0.717, 1.165) is 11.1 Å². The number of carbonyl (C=O) groups is 4. The molecular weight excluding hydrogens is 426 g/mol. The van der Waals surface area contributed by atoms with Gasteiger partial charge in [-0.3, -0.25) is 14.4 Å². The maximum atomic E-state index is 13.1. The van der Waals surface area contributed by atoms with Crippen LogP contribution in [-0.4, -0.2) is 60.6 Å². The monoisotopic (exact) mass is 463 g/mol. The van der Waals surface area contributed by atoms with Crippen molar-refractivity contribution in [1.82, 2.24) is 15.5 Å². The number of benzene rings is 1. The molecule has 9 heteroatoms. The van der Waals surface area contributed by atoms with Crippen LogP contribution in [0, 0.1) is 13.8 Å². The summed E-state index contributed by atoms with van der Waals surface area (Å²) in [7, 11) is 0. The number of nitrogens with one attached hydrogen (secondary N) is 2. The Kier molecular flexibility index (Phi) is 10.8. The Balaban J connectivity index is 3.04. The number of hydrogen-bond acceptors (Lipinski definition) is 6. The Morgan fingerprint density at radius 2 is 1.70 bits per heavy atom. The topological polar surface area (TPSA) is 114 Å². The van der Waals surface area contributed by atoms with Crippen molar-refractivity contribution in [3.63, 3.8) is 0 Å². The Morgan fingerprint density at radius 3 is 2.24 bits per heavy atom. The molecule has 0 saturated carbocycles. The Hall–Kier alpha value is -3.10. The molecule has 2 N–H and O–H groups in total. The van der Waals surface area contributed by atoms with Gasteiger partial charge in [-0.25, -0.2) is 4.79 Å². The average Bonchev–Trinajstić information content (AvgIpc) is 2.71. The molecule has 184 valence electrons. The van der Waals surface area contributed by atoms with Gasteiger partial charge in [0.2, 0.25) is 11.8 Å². The molecule has 1 atom stereocenters. The molecule has 0 fully saturated rings. The van der Waals surface area contributed by atoms with Crippen LogP contribution < -0.4 is 10.6 Å². The molecule has 3 amide bonds. The first-order valence-corrected chi connectivity index (χ1v) is 11.2. The van der Waals surface area contributed by atoms with Crippen LogP contribution in [0.3, 0.4) is 0 Å². The molecule has 0 radical (unpaired) electrons. The lowest BCUT2D eigenvalue weighted by Gasteiger charge is -2.31. The van der Waals surface area contributed by atoms with Crippen molar-refractivity contribution in [3.8, 4) is 0 Å². The number of carbonyl (C=O) groups excluding carboxylic acids is 4. The van der Waals surface area contributed by atoms with Gasteiger partial charge in [0.15, 0.2) is 0 Å². The predicted molar refractivity (Wildman–Crippen MR) is 125 cm³/mol. The lowest BCUT2D eigenvalue weighted by atomic mass is 9.99. The van der Waals surface area contributed by atoms with Gasteiger partial charge in [-0.2, -0.15) is 0 Å². The summed E-state index contributed by atoms with van der Waals surface area (Å²) in [6, 6.07) is 4.63. The van der Waals surface area contributed by atoms with Crippen LogP contribution in [0.5, 0.6) is 0 Å². The van der Waals surface area contributed by atoms with Gasteiger partial charge in [-0.15, -0.1) is 0 Å². The minimum Gasteiger partial charge on any atom is -0.466 e. The van der Waals surface area contributed by atoms with Crippen molar-refractivity contribution in [2.24, 2.45) is 0 Å². The second-order valence-electron chi connectivity index (χ2n) is 8.63. The van der Waals surface area contributed by atoms with E-state index < -0.39 is 35.5 Å². The van der Waals surface area contributed by atoms with E-state index >= 15 is 0 Å². The number of likely N-dealkylation sites (N-methyl/N-ethyl adjacent to an activating group) is 1. The summed E-state index contributed by atoms with van der Waals surface area (Å²) in [5.41, 5.74) is 1.98. The highest BCUT2D eigenvalue weighted by Crippen LogP contribution is 2.24. The number of aryl methyl sites for hydroxylation is 2. The summed E-state index contributed by atoms with van der Waals surface area (Å²) in [5, 5.41) is 5.17. The molecule has 0 aliphatic heterocycles. The number of amides is 3. The van der Waals surface area contributed by atoms with Crippen molar-refractivity contribution in [2.45, 2.75) is 66.5 Å². The first-order valence-electron chi connectivity index (χ1n) is 11.2. The molecule has 0 aliphatic carbocycles. The summed E-state index contributed by atoms with van der Waals surface area (Å²) in [6.45, 7) is 12.8. The quantitative estimate of drug-likeness (QED) is 0.516.